The minimum absolute atomic E-state index is 0.0420. The number of ether oxygens (including phenoxy) is 1. The van der Waals surface area contributed by atoms with Crippen molar-refractivity contribution < 1.29 is 14.3 Å². The van der Waals surface area contributed by atoms with Gasteiger partial charge < -0.3 is 15.4 Å². The molecular formula is C18H21ClN4O3. The Bertz CT molecular complexity index is 826. The number of halogens is 1. The monoisotopic (exact) mass is 376 g/mol. The van der Waals surface area contributed by atoms with Crippen LogP contribution in [0.5, 0.6) is 0 Å². The molecule has 138 valence electrons. The van der Waals surface area contributed by atoms with Crippen LogP contribution in [-0.4, -0.2) is 35.0 Å². The van der Waals surface area contributed by atoms with Crippen LogP contribution in [0.3, 0.4) is 0 Å². The average Bonchev–Trinajstić information content (AvgIpc) is 2.62. The number of carbonyl (C=O) groups excluding carboxylic acids is 2. The van der Waals surface area contributed by atoms with Crippen LogP contribution < -0.4 is 10.6 Å². The van der Waals surface area contributed by atoms with Gasteiger partial charge in [-0.2, -0.15) is 0 Å². The zero-order valence-corrected chi connectivity index (χ0v) is 15.8. The van der Waals surface area contributed by atoms with Gasteiger partial charge in [0.15, 0.2) is 0 Å². The number of nitrogens with zero attached hydrogens (tertiary/aromatic N) is 2. The third-order valence-electron chi connectivity index (χ3n) is 3.71. The summed E-state index contributed by atoms with van der Waals surface area (Å²) in [4.78, 5) is 32.5. The first-order chi connectivity index (χ1) is 12.3. The van der Waals surface area contributed by atoms with Crippen molar-refractivity contribution in [1.29, 1.82) is 0 Å². The van der Waals surface area contributed by atoms with Crippen molar-refractivity contribution >= 4 is 35.1 Å². The lowest BCUT2D eigenvalue weighted by Crippen LogP contribution is -2.32. The molecule has 0 spiro atoms. The second-order valence-electron chi connectivity index (χ2n) is 5.81. The van der Waals surface area contributed by atoms with Gasteiger partial charge >= 0.3 is 5.97 Å². The minimum atomic E-state index is -0.483. The number of hydrogen-bond donors (Lipinski definition) is 2. The van der Waals surface area contributed by atoms with E-state index in [1.165, 1.54) is 7.11 Å². The van der Waals surface area contributed by atoms with Gasteiger partial charge in [0.1, 0.15) is 5.69 Å². The number of benzene rings is 1. The number of aryl methyl sites for hydroxylation is 1. The Hall–Kier alpha value is -2.67. The number of anilines is 2. The molecule has 0 aliphatic heterocycles. The topological polar surface area (TPSA) is 93.2 Å². The molecule has 1 heterocycles. The van der Waals surface area contributed by atoms with Crippen molar-refractivity contribution in [1.82, 2.24) is 15.3 Å². The molecule has 7 nitrogen and oxygen atoms in total. The highest BCUT2D eigenvalue weighted by molar-refractivity contribution is 6.33. The molecule has 1 aromatic heterocycles. The molecule has 0 aliphatic carbocycles. The average molecular weight is 377 g/mol. The summed E-state index contributed by atoms with van der Waals surface area (Å²) < 4.78 is 4.70. The number of aromatic nitrogens is 2. The molecule has 2 rings (SSSR count). The maximum Gasteiger partial charge on any atom is 0.337 e. The zero-order chi connectivity index (χ0) is 19.3. The second kappa shape index (κ2) is 8.62. The van der Waals surface area contributed by atoms with Crippen molar-refractivity contribution in [2.24, 2.45) is 0 Å². The Morgan fingerprint density at radius 1 is 1.27 bits per heavy atom. The largest absolute Gasteiger partial charge is 0.465 e. The number of amides is 1. The summed E-state index contributed by atoms with van der Waals surface area (Å²) >= 11 is 6.17. The van der Waals surface area contributed by atoms with E-state index in [2.05, 4.69) is 20.6 Å². The molecule has 0 bridgehead atoms. The van der Waals surface area contributed by atoms with Gasteiger partial charge in [-0.1, -0.05) is 18.5 Å². The number of esters is 1. The normalized spacial score (nSPS) is 11.6. The van der Waals surface area contributed by atoms with Crippen LogP contribution in [-0.2, 0) is 4.74 Å². The predicted octanol–water partition coefficient (Wildman–Crippen LogP) is 3.50. The fourth-order valence-corrected chi connectivity index (χ4v) is 2.29. The van der Waals surface area contributed by atoms with Gasteiger partial charge in [0.25, 0.3) is 5.91 Å². The lowest BCUT2D eigenvalue weighted by molar-refractivity contribution is 0.0600. The summed E-state index contributed by atoms with van der Waals surface area (Å²) in [7, 11) is 1.30. The quantitative estimate of drug-likeness (QED) is 0.749. The van der Waals surface area contributed by atoms with E-state index < -0.39 is 5.97 Å². The summed E-state index contributed by atoms with van der Waals surface area (Å²) in [5.74, 6) is -0.547. The van der Waals surface area contributed by atoms with E-state index in [0.717, 1.165) is 6.42 Å². The van der Waals surface area contributed by atoms with E-state index in [9.17, 15) is 9.59 Å². The van der Waals surface area contributed by atoms with Gasteiger partial charge in [0.2, 0.25) is 5.95 Å². The summed E-state index contributed by atoms with van der Waals surface area (Å²) in [5.41, 5.74) is 1.65. The van der Waals surface area contributed by atoms with Crippen LogP contribution in [0.25, 0.3) is 0 Å². The van der Waals surface area contributed by atoms with E-state index >= 15 is 0 Å². The van der Waals surface area contributed by atoms with E-state index in [-0.39, 0.29) is 23.6 Å². The standard InChI is InChI=1S/C18H21ClN4O3/c1-5-10(2)20-16(24)15-8-11(3)21-18(23-15)22-14-9-12(17(25)26-4)6-7-13(14)19/h6-10H,5H2,1-4H3,(H,20,24)(H,21,22,23). The van der Waals surface area contributed by atoms with Crippen molar-refractivity contribution in [3.63, 3.8) is 0 Å². The van der Waals surface area contributed by atoms with Gasteiger partial charge in [-0.25, -0.2) is 14.8 Å². The highest BCUT2D eigenvalue weighted by Crippen LogP contribution is 2.26. The Balaban J connectivity index is 2.30. The SMILES string of the molecule is CCC(C)NC(=O)c1cc(C)nc(Nc2cc(C(=O)OC)ccc2Cl)n1. The molecule has 26 heavy (non-hydrogen) atoms. The minimum Gasteiger partial charge on any atom is -0.465 e. The van der Waals surface area contributed by atoms with Crippen molar-refractivity contribution in [3.8, 4) is 0 Å². The highest BCUT2D eigenvalue weighted by atomic mass is 35.5. The van der Waals surface area contributed by atoms with Crippen molar-refractivity contribution in [2.45, 2.75) is 33.2 Å². The number of methoxy groups -OCH3 is 1. The van der Waals surface area contributed by atoms with Crippen LogP contribution in [0, 0.1) is 6.92 Å². The fourth-order valence-electron chi connectivity index (χ4n) is 2.13. The first-order valence-corrected chi connectivity index (χ1v) is 8.53. The molecule has 1 aromatic carbocycles. The zero-order valence-electron chi connectivity index (χ0n) is 15.1. The molecule has 1 amide bonds. The second-order valence-corrected chi connectivity index (χ2v) is 6.22. The Morgan fingerprint density at radius 3 is 2.65 bits per heavy atom. The predicted molar refractivity (Wildman–Crippen MR) is 100 cm³/mol. The van der Waals surface area contributed by atoms with Crippen LogP contribution in [0.15, 0.2) is 24.3 Å². The number of carbonyl (C=O) groups is 2. The smallest absolute Gasteiger partial charge is 0.337 e. The lowest BCUT2D eigenvalue weighted by Gasteiger charge is -2.13. The highest BCUT2D eigenvalue weighted by Gasteiger charge is 2.14. The van der Waals surface area contributed by atoms with E-state index in [4.69, 9.17) is 16.3 Å². The molecule has 2 aromatic rings. The van der Waals surface area contributed by atoms with Crippen LogP contribution in [0.4, 0.5) is 11.6 Å². The molecule has 0 aliphatic rings. The van der Waals surface area contributed by atoms with Gasteiger partial charge in [0.05, 0.1) is 23.4 Å². The van der Waals surface area contributed by atoms with Crippen molar-refractivity contribution in [3.05, 3.63) is 46.2 Å². The fraction of sp³-hybridized carbons (Fsp3) is 0.333. The molecule has 1 atom stereocenters. The maximum atomic E-state index is 12.3. The third-order valence-corrected chi connectivity index (χ3v) is 4.04. The number of rotatable bonds is 6. The summed E-state index contributed by atoms with van der Waals surface area (Å²) in [6.45, 7) is 5.67. The van der Waals surface area contributed by atoms with E-state index in [0.29, 0.717) is 22.0 Å². The van der Waals surface area contributed by atoms with Crippen LogP contribution >= 0.6 is 11.6 Å². The molecule has 2 N–H and O–H groups in total. The van der Waals surface area contributed by atoms with Gasteiger partial charge in [-0.05, 0) is 44.5 Å². The lowest BCUT2D eigenvalue weighted by atomic mass is 10.2. The molecule has 0 radical (unpaired) electrons. The molecule has 0 fully saturated rings. The first kappa shape index (κ1) is 19.7. The van der Waals surface area contributed by atoms with Crippen LogP contribution in [0.2, 0.25) is 5.02 Å². The third kappa shape index (κ3) is 4.92. The molecule has 0 saturated heterocycles. The van der Waals surface area contributed by atoms with Crippen molar-refractivity contribution in [2.75, 3.05) is 12.4 Å². The maximum absolute atomic E-state index is 12.3. The summed E-state index contributed by atoms with van der Waals surface area (Å²) in [6, 6.07) is 6.32. The van der Waals surface area contributed by atoms with E-state index in [1.807, 2.05) is 13.8 Å². The molecular weight excluding hydrogens is 356 g/mol. The number of nitrogens with one attached hydrogen (secondary N) is 2. The molecule has 1 unspecified atom stereocenters. The molecule has 8 heteroatoms. The van der Waals surface area contributed by atoms with Crippen LogP contribution in [0.1, 0.15) is 46.8 Å². The summed E-state index contributed by atoms with van der Waals surface area (Å²) in [6.07, 6.45) is 0.816. The first-order valence-electron chi connectivity index (χ1n) is 8.15. The van der Waals surface area contributed by atoms with Gasteiger partial charge in [-0.15, -0.1) is 0 Å². The Morgan fingerprint density at radius 2 is 2.00 bits per heavy atom. The Labute approximate surface area is 157 Å². The van der Waals surface area contributed by atoms with Gasteiger partial charge in [-0.3, -0.25) is 4.79 Å². The van der Waals surface area contributed by atoms with E-state index in [1.54, 1.807) is 31.2 Å². The Kier molecular flexibility index (Phi) is 6.52. The summed E-state index contributed by atoms with van der Waals surface area (Å²) in [5, 5.41) is 6.20. The van der Waals surface area contributed by atoms with Gasteiger partial charge in [0, 0.05) is 11.7 Å². The number of hydrogen-bond acceptors (Lipinski definition) is 6. The molecule has 0 saturated carbocycles.